The number of anilines is 6. The Hall–Kier alpha value is -18.9. The van der Waals surface area contributed by atoms with Gasteiger partial charge in [0.2, 0.25) is 0 Å². The molecule has 0 aliphatic carbocycles. The molecule has 0 spiro atoms. The molecule has 0 aliphatic heterocycles. The van der Waals surface area contributed by atoms with E-state index in [9.17, 15) is 0 Å². The van der Waals surface area contributed by atoms with Crippen molar-refractivity contribution in [1.82, 2.24) is 9.13 Å². The third-order valence-electron chi connectivity index (χ3n) is 28.3. The SMILES string of the molecule is c1cc(-c2ccc(-c3ccc(N(c4ccc(-c5ccc(-c6ccc7c(c6)oc6ccccc67)cc5)cc4)c4ccc(-c5cccc6ccccc56)cc4)cc3)cc2)cc(-n2c3ccccc3c3ccccc32)c1.c1ccc(-c2ccc(N(c3ccc(-c4ccc(-c5cccc(-n6c7ccccc7c7ccccc76)c5)cc4)cc3)c3ccc(-c4ccc(-c5ccc6c(c5)oc5ccccc56)cc4)cc3)cc2)cc1. The fraction of sp³-hybridized carbons (Fsp3) is 0. The summed E-state index contributed by atoms with van der Waals surface area (Å²) in [7, 11) is 0. The normalized spacial score (nSPS) is 11.5. The number of fused-ring (bicyclic) bond motifs is 13. The molecular formula is C136H90N4O2. The van der Waals surface area contributed by atoms with Crippen LogP contribution in [0.15, 0.2) is 555 Å². The molecule has 6 heteroatoms. The number of furan rings is 2. The van der Waals surface area contributed by atoms with Crippen LogP contribution in [0.3, 0.4) is 0 Å². The van der Waals surface area contributed by atoms with Gasteiger partial charge in [-0.15, -0.1) is 0 Å². The number of nitrogens with zero attached hydrogens (tertiary/aromatic N) is 4. The van der Waals surface area contributed by atoms with E-state index in [1.165, 1.54) is 121 Å². The van der Waals surface area contributed by atoms with Gasteiger partial charge in [0.05, 0.1) is 22.1 Å². The molecule has 666 valence electrons. The lowest BCUT2D eigenvalue weighted by Gasteiger charge is -2.26. The minimum absolute atomic E-state index is 0.907. The first-order valence-corrected chi connectivity index (χ1v) is 48.5. The number of hydrogen-bond donors (Lipinski definition) is 0. The highest BCUT2D eigenvalue weighted by Crippen LogP contribution is 2.46. The highest BCUT2D eigenvalue weighted by Gasteiger charge is 2.22. The Bertz CT molecular complexity index is 9270. The quantitative estimate of drug-likeness (QED) is 0.0859. The van der Waals surface area contributed by atoms with Gasteiger partial charge < -0.3 is 27.8 Å². The van der Waals surface area contributed by atoms with Crippen LogP contribution in [-0.4, -0.2) is 9.13 Å². The molecule has 0 saturated heterocycles. The Morgan fingerprint density at radius 1 is 0.134 bits per heavy atom. The van der Waals surface area contributed by atoms with Crippen molar-refractivity contribution >= 4 is 132 Å². The van der Waals surface area contributed by atoms with Gasteiger partial charge in [-0.25, -0.2) is 0 Å². The lowest BCUT2D eigenvalue weighted by atomic mass is 9.97. The lowest BCUT2D eigenvalue weighted by molar-refractivity contribution is 0.668. The van der Waals surface area contributed by atoms with Crippen molar-refractivity contribution in [3.8, 4) is 123 Å². The van der Waals surface area contributed by atoms with Gasteiger partial charge in [0, 0.05) is 88.6 Å². The summed E-state index contributed by atoms with van der Waals surface area (Å²) in [6, 6.07) is 197. The molecule has 4 heterocycles. The number of aromatic nitrogens is 2. The average Bonchev–Trinajstić information content (AvgIpc) is 1.60. The van der Waals surface area contributed by atoms with Gasteiger partial charge in [-0.2, -0.15) is 0 Å². The highest BCUT2D eigenvalue weighted by molar-refractivity contribution is 6.12. The maximum absolute atomic E-state index is 6.21. The summed E-state index contributed by atoms with van der Waals surface area (Å²) in [5.74, 6) is 0. The molecule has 27 rings (SSSR count). The second kappa shape index (κ2) is 36.0. The van der Waals surface area contributed by atoms with Gasteiger partial charge in [0.25, 0.3) is 0 Å². The van der Waals surface area contributed by atoms with E-state index in [1.54, 1.807) is 0 Å². The first kappa shape index (κ1) is 83.7. The van der Waals surface area contributed by atoms with Gasteiger partial charge in [-0.05, 0) is 280 Å². The molecule has 142 heavy (non-hydrogen) atoms. The van der Waals surface area contributed by atoms with Crippen molar-refractivity contribution in [3.63, 3.8) is 0 Å². The Morgan fingerprint density at radius 2 is 0.352 bits per heavy atom. The standard InChI is InChI=1S/C70H46N2O.C66H44N2O/c1-2-15-61-53(11-1)12-10-19-62(61)54-35-42-59(43-36-54)71(58-40-33-50(34-41-58)48-25-29-52(30-26-48)56-37-44-66-65-18-5-8-22-69(65)73-70(66)46-56)57-38-31-49(32-39-57)47-23-27-51(28-24-47)55-13-9-14-60(45-55)72-67-20-6-3-16-63(67)64-17-4-7-21-68(64)72;1-2-11-45(12-3-1)48-29-36-55(37-30-48)67(57-40-33-50(34-41-57)47-23-27-52(28-24-47)54-35-42-62-61-17-6-9-20-65(61)69-66(62)44-54)56-38-31-49(32-39-56)46-21-25-51(26-22-46)53-13-10-14-58(43-53)68-63-18-7-4-15-59(63)60-16-5-8-19-64(60)68/h1-46H;1-44H. The van der Waals surface area contributed by atoms with Crippen LogP contribution in [0.2, 0.25) is 0 Å². The van der Waals surface area contributed by atoms with Gasteiger partial charge in [0.1, 0.15) is 22.3 Å². The maximum atomic E-state index is 6.21. The zero-order valence-corrected chi connectivity index (χ0v) is 77.6. The summed E-state index contributed by atoms with van der Waals surface area (Å²) >= 11 is 0. The number of hydrogen-bond acceptors (Lipinski definition) is 4. The third-order valence-corrected chi connectivity index (χ3v) is 28.3. The molecule has 23 aromatic carbocycles. The second-order valence-electron chi connectivity index (χ2n) is 36.6. The van der Waals surface area contributed by atoms with E-state index >= 15 is 0 Å². The average molecular weight is 1810 g/mol. The van der Waals surface area contributed by atoms with Gasteiger partial charge in [-0.1, -0.05) is 388 Å². The molecule has 0 N–H and O–H groups in total. The van der Waals surface area contributed by atoms with E-state index < -0.39 is 0 Å². The van der Waals surface area contributed by atoms with Gasteiger partial charge in [-0.3, -0.25) is 0 Å². The molecule has 0 amide bonds. The van der Waals surface area contributed by atoms with Crippen LogP contribution in [-0.2, 0) is 0 Å². The van der Waals surface area contributed by atoms with Gasteiger partial charge >= 0.3 is 0 Å². The lowest BCUT2D eigenvalue weighted by Crippen LogP contribution is -2.09. The Labute approximate surface area is 822 Å². The minimum Gasteiger partial charge on any atom is -0.456 e. The summed E-state index contributed by atoms with van der Waals surface area (Å²) in [5.41, 5.74) is 40.8. The monoisotopic (exact) mass is 1810 g/mol. The largest absolute Gasteiger partial charge is 0.456 e. The molecule has 0 fully saturated rings. The van der Waals surface area contributed by atoms with Crippen LogP contribution < -0.4 is 9.80 Å². The number of benzene rings is 23. The molecule has 4 aromatic heterocycles. The Morgan fingerprint density at radius 3 is 0.683 bits per heavy atom. The summed E-state index contributed by atoms with van der Waals surface area (Å²) < 4.78 is 17.2. The zero-order chi connectivity index (χ0) is 93.9. The van der Waals surface area contributed by atoms with E-state index in [2.05, 4.69) is 541 Å². The molecular weight excluding hydrogens is 1720 g/mol. The summed E-state index contributed by atoms with van der Waals surface area (Å²) in [4.78, 5) is 4.69. The van der Waals surface area contributed by atoms with Crippen LogP contribution in [0.4, 0.5) is 34.1 Å². The van der Waals surface area contributed by atoms with Crippen LogP contribution in [0.25, 0.3) is 221 Å². The van der Waals surface area contributed by atoms with Crippen LogP contribution in [0, 0.1) is 0 Å². The zero-order valence-electron chi connectivity index (χ0n) is 77.6. The number of rotatable bonds is 18. The van der Waals surface area contributed by atoms with Crippen LogP contribution in [0.5, 0.6) is 0 Å². The van der Waals surface area contributed by atoms with Crippen LogP contribution >= 0.6 is 0 Å². The predicted octanol–water partition coefficient (Wildman–Crippen LogP) is 38.1. The molecule has 27 aromatic rings. The van der Waals surface area contributed by atoms with E-state index in [0.717, 1.165) is 134 Å². The first-order chi connectivity index (χ1) is 70.3. The molecule has 0 radical (unpaired) electrons. The van der Waals surface area contributed by atoms with Crippen molar-refractivity contribution in [2.24, 2.45) is 0 Å². The van der Waals surface area contributed by atoms with Crippen molar-refractivity contribution < 1.29 is 8.83 Å². The van der Waals surface area contributed by atoms with E-state index in [-0.39, 0.29) is 0 Å². The van der Waals surface area contributed by atoms with Crippen molar-refractivity contribution in [2.75, 3.05) is 9.80 Å². The van der Waals surface area contributed by atoms with Crippen molar-refractivity contribution in [1.29, 1.82) is 0 Å². The first-order valence-electron chi connectivity index (χ1n) is 48.5. The van der Waals surface area contributed by atoms with E-state index in [0.29, 0.717) is 0 Å². The van der Waals surface area contributed by atoms with E-state index in [4.69, 9.17) is 8.83 Å². The van der Waals surface area contributed by atoms with Gasteiger partial charge in [0.15, 0.2) is 0 Å². The predicted molar refractivity (Wildman–Crippen MR) is 597 cm³/mol. The van der Waals surface area contributed by atoms with Crippen molar-refractivity contribution in [3.05, 3.63) is 546 Å². The summed E-state index contributed by atoms with van der Waals surface area (Å²) in [6.45, 7) is 0. The Kier molecular flexibility index (Phi) is 21.2. The highest BCUT2D eigenvalue weighted by atomic mass is 16.3. The van der Waals surface area contributed by atoms with Crippen LogP contribution in [0.1, 0.15) is 0 Å². The molecule has 0 saturated carbocycles. The fourth-order valence-electron chi connectivity index (χ4n) is 21.1. The topological polar surface area (TPSA) is 42.6 Å². The van der Waals surface area contributed by atoms with Crippen molar-refractivity contribution in [2.45, 2.75) is 0 Å². The molecule has 6 nitrogen and oxygen atoms in total. The fourth-order valence-corrected chi connectivity index (χ4v) is 21.1. The molecule has 0 aliphatic rings. The smallest absolute Gasteiger partial charge is 0.136 e. The molecule has 0 atom stereocenters. The summed E-state index contributed by atoms with van der Waals surface area (Å²) in [6.07, 6.45) is 0. The number of para-hydroxylation sites is 6. The third kappa shape index (κ3) is 15.7. The second-order valence-corrected chi connectivity index (χ2v) is 36.6. The van der Waals surface area contributed by atoms with E-state index in [1.807, 2.05) is 24.3 Å². The maximum Gasteiger partial charge on any atom is 0.136 e. The molecule has 0 bridgehead atoms. The molecule has 0 unspecified atom stereocenters. The Balaban J connectivity index is 0.000000146. The summed E-state index contributed by atoms with van der Waals surface area (Å²) in [5, 5.41) is 12.1. The minimum atomic E-state index is 0.907.